The van der Waals surface area contributed by atoms with Gasteiger partial charge in [-0.3, -0.25) is 4.79 Å². The van der Waals surface area contributed by atoms with E-state index in [4.69, 9.17) is 5.73 Å². The monoisotopic (exact) mass is 252 g/mol. The molecule has 0 radical (unpaired) electrons. The summed E-state index contributed by atoms with van der Waals surface area (Å²) in [7, 11) is 0. The van der Waals surface area contributed by atoms with Crippen LogP contribution in [0.25, 0.3) is 0 Å². The summed E-state index contributed by atoms with van der Waals surface area (Å²) >= 11 is 0. The SMILES string of the molecule is CC1(C)CCN(C(=O)CC2CCCCC2)CC1N. The summed E-state index contributed by atoms with van der Waals surface area (Å²) in [5.41, 5.74) is 6.36. The van der Waals surface area contributed by atoms with Gasteiger partial charge in [0.15, 0.2) is 0 Å². The smallest absolute Gasteiger partial charge is 0.222 e. The van der Waals surface area contributed by atoms with E-state index in [0.29, 0.717) is 11.8 Å². The van der Waals surface area contributed by atoms with Crippen molar-refractivity contribution in [1.29, 1.82) is 0 Å². The van der Waals surface area contributed by atoms with E-state index in [1.165, 1.54) is 32.1 Å². The summed E-state index contributed by atoms with van der Waals surface area (Å²) < 4.78 is 0. The fraction of sp³-hybridized carbons (Fsp3) is 0.933. The molecular formula is C15H28N2O. The fourth-order valence-electron chi connectivity index (χ4n) is 3.18. The third-order valence-electron chi connectivity index (χ3n) is 4.99. The van der Waals surface area contributed by atoms with Gasteiger partial charge in [0.1, 0.15) is 0 Å². The van der Waals surface area contributed by atoms with Crippen LogP contribution in [0.4, 0.5) is 0 Å². The lowest BCUT2D eigenvalue weighted by Crippen LogP contribution is -2.54. The van der Waals surface area contributed by atoms with Crippen molar-refractivity contribution in [3.63, 3.8) is 0 Å². The maximum atomic E-state index is 12.3. The molecule has 1 saturated heterocycles. The van der Waals surface area contributed by atoms with Gasteiger partial charge in [0, 0.05) is 25.6 Å². The molecule has 1 heterocycles. The summed E-state index contributed by atoms with van der Waals surface area (Å²) in [4.78, 5) is 14.3. The molecule has 3 nitrogen and oxygen atoms in total. The van der Waals surface area contributed by atoms with Crippen molar-refractivity contribution in [2.24, 2.45) is 17.1 Å². The second-order valence-corrected chi connectivity index (χ2v) is 6.89. The number of piperidine rings is 1. The maximum Gasteiger partial charge on any atom is 0.222 e. The zero-order chi connectivity index (χ0) is 13.2. The van der Waals surface area contributed by atoms with Crippen LogP contribution in [0.1, 0.15) is 58.8 Å². The second kappa shape index (κ2) is 5.60. The van der Waals surface area contributed by atoms with Crippen molar-refractivity contribution in [1.82, 2.24) is 4.90 Å². The Bertz CT molecular complexity index is 295. The molecular weight excluding hydrogens is 224 g/mol. The van der Waals surface area contributed by atoms with Gasteiger partial charge in [0.05, 0.1) is 0 Å². The van der Waals surface area contributed by atoms with Crippen molar-refractivity contribution in [2.75, 3.05) is 13.1 Å². The minimum Gasteiger partial charge on any atom is -0.341 e. The predicted octanol–water partition coefficient (Wildman–Crippen LogP) is 2.54. The first-order valence-corrected chi connectivity index (χ1v) is 7.52. The summed E-state index contributed by atoms with van der Waals surface area (Å²) in [6.07, 6.45) is 8.26. The average molecular weight is 252 g/mol. The third-order valence-corrected chi connectivity index (χ3v) is 4.99. The standard InChI is InChI=1S/C15H28N2O/c1-15(2)8-9-17(11-13(15)16)14(18)10-12-6-4-3-5-7-12/h12-13H,3-11,16H2,1-2H3. The fourth-order valence-corrected chi connectivity index (χ4v) is 3.18. The lowest BCUT2D eigenvalue weighted by molar-refractivity contribution is -0.135. The van der Waals surface area contributed by atoms with Crippen LogP contribution in [0.3, 0.4) is 0 Å². The lowest BCUT2D eigenvalue weighted by Gasteiger charge is -2.42. The van der Waals surface area contributed by atoms with Gasteiger partial charge in [-0.15, -0.1) is 0 Å². The predicted molar refractivity (Wildman–Crippen MR) is 74.1 cm³/mol. The van der Waals surface area contributed by atoms with E-state index in [1.807, 2.05) is 4.90 Å². The Balaban J connectivity index is 1.82. The van der Waals surface area contributed by atoms with Crippen LogP contribution in [0.15, 0.2) is 0 Å². The minimum absolute atomic E-state index is 0.126. The quantitative estimate of drug-likeness (QED) is 0.821. The Kier molecular flexibility index (Phi) is 4.31. The van der Waals surface area contributed by atoms with Crippen LogP contribution in [-0.2, 0) is 4.79 Å². The summed E-state index contributed by atoms with van der Waals surface area (Å²) in [5, 5.41) is 0. The number of carbonyl (C=O) groups excluding carboxylic acids is 1. The Morgan fingerprint density at radius 2 is 1.94 bits per heavy atom. The Labute approximate surface area is 111 Å². The van der Waals surface area contributed by atoms with Crippen molar-refractivity contribution in [2.45, 2.75) is 64.8 Å². The van der Waals surface area contributed by atoms with E-state index < -0.39 is 0 Å². The number of hydrogen-bond donors (Lipinski definition) is 1. The zero-order valence-corrected chi connectivity index (χ0v) is 12.0. The Morgan fingerprint density at radius 1 is 1.28 bits per heavy atom. The van der Waals surface area contributed by atoms with E-state index in [1.54, 1.807) is 0 Å². The number of likely N-dealkylation sites (tertiary alicyclic amines) is 1. The van der Waals surface area contributed by atoms with E-state index >= 15 is 0 Å². The van der Waals surface area contributed by atoms with Crippen molar-refractivity contribution in [3.05, 3.63) is 0 Å². The van der Waals surface area contributed by atoms with Gasteiger partial charge < -0.3 is 10.6 Å². The zero-order valence-electron chi connectivity index (χ0n) is 12.0. The number of nitrogens with two attached hydrogens (primary N) is 1. The van der Waals surface area contributed by atoms with Crippen molar-refractivity contribution in [3.8, 4) is 0 Å². The molecule has 2 aliphatic rings. The molecule has 1 saturated carbocycles. The number of amides is 1. The molecule has 2 rings (SSSR count). The molecule has 1 unspecified atom stereocenters. The number of carbonyl (C=O) groups is 1. The highest BCUT2D eigenvalue weighted by Crippen LogP contribution is 2.31. The topological polar surface area (TPSA) is 46.3 Å². The van der Waals surface area contributed by atoms with Gasteiger partial charge in [-0.2, -0.15) is 0 Å². The molecule has 0 aromatic carbocycles. The van der Waals surface area contributed by atoms with E-state index in [9.17, 15) is 4.79 Å². The van der Waals surface area contributed by atoms with Crippen molar-refractivity contribution < 1.29 is 4.79 Å². The third kappa shape index (κ3) is 3.25. The summed E-state index contributed by atoms with van der Waals surface area (Å²) in [6.45, 7) is 6.06. The van der Waals surface area contributed by atoms with Crippen LogP contribution in [-0.4, -0.2) is 29.9 Å². The molecule has 2 fully saturated rings. The number of rotatable bonds is 2. The van der Waals surface area contributed by atoms with Crippen LogP contribution >= 0.6 is 0 Å². The van der Waals surface area contributed by atoms with Gasteiger partial charge >= 0.3 is 0 Å². The van der Waals surface area contributed by atoms with Crippen LogP contribution < -0.4 is 5.73 Å². The van der Waals surface area contributed by atoms with E-state index in [2.05, 4.69) is 13.8 Å². The Morgan fingerprint density at radius 3 is 2.56 bits per heavy atom. The minimum atomic E-state index is 0.126. The lowest BCUT2D eigenvalue weighted by atomic mass is 9.78. The molecule has 1 amide bonds. The highest BCUT2D eigenvalue weighted by molar-refractivity contribution is 5.76. The maximum absolute atomic E-state index is 12.3. The highest BCUT2D eigenvalue weighted by Gasteiger charge is 2.35. The normalized spacial score (nSPS) is 29.3. The number of nitrogens with zero attached hydrogens (tertiary/aromatic N) is 1. The van der Waals surface area contributed by atoms with Gasteiger partial charge in [0.25, 0.3) is 0 Å². The molecule has 18 heavy (non-hydrogen) atoms. The first-order valence-electron chi connectivity index (χ1n) is 7.52. The molecule has 0 spiro atoms. The van der Waals surface area contributed by atoms with Gasteiger partial charge in [-0.25, -0.2) is 0 Å². The van der Waals surface area contributed by atoms with E-state index in [-0.39, 0.29) is 11.5 Å². The molecule has 0 aromatic rings. The van der Waals surface area contributed by atoms with Crippen LogP contribution in [0, 0.1) is 11.3 Å². The molecule has 1 aliphatic carbocycles. The van der Waals surface area contributed by atoms with Gasteiger partial charge in [-0.1, -0.05) is 33.1 Å². The molecule has 0 aromatic heterocycles. The second-order valence-electron chi connectivity index (χ2n) is 6.89. The summed E-state index contributed by atoms with van der Waals surface area (Å²) in [5.74, 6) is 0.977. The summed E-state index contributed by atoms with van der Waals surface area (Å²) in [6, 6.07) is 0.126. The average Bonchev–Trinajstić information content (AvgIpc) is 2.34. The Hall–Kier alpha value is -0.570. The molecule has 0 bridgehead atoms. The highest BCUT2D eigenvalue weighted by atomic mass is 16.2. The molecule has 2 N–H and O–H groups in total. The van der Waals surface area contributed by atoms with Crippen LogP contribution in [0.2, 0.25) is 0 Å². The van der Waals surface area contributed by atoms with Crippen molar-refractivity contribution >= 4 is 5.91 Å². The van der Waals surface area contributed by atoms with Gasteiger partial charge in [0.2, 0.25) is 5.91 Å². The van der Waals surface area contributed by atoms with Gasteiger partial charge in [-0.05, 0) is 30.6 Å². The molecule has 1 atom stereocenters. The molecule has 104 valence electrons. The van der Waals surface area contributed by atoms with E-state index in [0.717, 1.165) is 25.9 Å². The number of hydrogen-bond acceptors (Lipinski definition) is 2. The first-order chi connectivity index (χ1) is 8.49. The molecule has 1 aliphatic heterocycles. The molecule has 3 heteroatoms. The first kappa shape index (κ1) is 13.9. The largest absolute Gasteiger partial charge is 0.341 e. The van der Waals surface area contributed by atoms with Crippen LogP contribution in [0.5, 0.6) is 0 Å².